The van der Waals surface area contributed by atoms with E-state index in [1.807, 2.05) is 44.2 Å². The van der Waals surface area contributed by atoms with Crippen LogP contribution in [0.2, 0.25) is 0 Å². The molecule has 0 heterocycles. The molecule has 0 aliphatic heterocycles. The minimum atomic E-state index is -0.812. The molecule has 0 atom stereocenters. The van der Waals surface area contributed by atoms with Crippen molar-refractivity contribution in [1.82, 2.24) is 0 Å². The van der Waals surface area contributed by atoms with Gasteiger partial charge in [-0.15, -0.1) is 0 Å². The first kappa shape index (κ1) is 20.1. The van der Waals surface area contributed by atoms with Crippen LogP contribution in [0.25, 0.3) is 0 Å². The van der Waals surface area contributed by atoms with Gasteiger partial charge in [0.05, 0.1) is 0 Å². The molecule has 0 amide bonds. The highest BCUT2D eigenvalue weighted by molar-refractivity contribution is 6.09. The van der Waals surface area contributed by atoms with Crippen LogP contribution >= 0.6 is 0 Å². The summed E-state index contributed by atoms with van der Waals surface area (Å²) >= 11 is 0. The SMILES string of the molecule is CCCCCOC(C)(C)C(=O)Cc1cccc(C(=O)c2ccccc2)c1. The molecule has 0 spiro atoms. The third-order valence-electron chi connectivity index (χ3n) is 4.47. The van der Waals surface area contributed by atoms with Gasteiger partial charge in [0.1, 0.15) is 5.60 Å². The van der Waals surface area contributed by atoms with Crippen LogP contribution in [-0.4, -0.2) is 23.8 Å². The highest BCUT2D eigenvalue weighted by Crippen LogP contribution is 2.18. The number of benzene rings is 2. The Hall–Kier alpha value is -2.26. The fourth-order valence-corrected chi connectivity index (χ4v) is 2.74. The summed E-state index contributed by atoms with van der Waals surface area (Å²) in [6, 6.07) is 16.5. The van der Waals surface area contributed by atoms with E-state index in [0.29, 0.717) is 17.7 Å². The van der Waals surface area contributed by atoms with Crippen LogP contribution in [0.5, 0.6) is 0 Å². The topological polar surface area (TPSA) is 43.4 Å². The largest absolute Gasteiger partial charge is 0.368 e. The van der Waals surface area contributed by atoms with Gasteiger partial charge in [-0.25, -0.2) is 0 Å². The molecule has 3 nitrogen and oxygen atoms in total. The molecule has 0 radical (unpaired) electrons. The van der Waals surface area contributed by atoms with Crippen LogP contribution in [0.1, 0.15) is 61.5 Å². The maximum absolute atomic E-state index is 12.6. The van der Waals surface area contributed by atoms with Gasteiger partial charge in [-0.05, 0) is 31.9 Å². The zero-order valence-electron chi connectivity index (χ0n) is 16.0. The molecule has 0 unspecified atom stereocenters. The number of carbonyl (C=O) groups excluding carboxylic acids is 2. The number of Topliss-reactive ketones (excluding diaryl/α,β-unsaturated/α-hetero) is 1. The molecule has 3 heteroatoms. The van der Waals surface area contributed by atoms with Crippen molar-refractivity contribution in [2.24, 2.45) is 0 Å². The molecule has 0 fully saturated rings. The van der Waals surface area contributed by atoms with Gasteiger partial charge in [0.25, 0.3) is 0 Å². The minimum Gasteiger partial charge on any atom is -0.368 e. The molecule has 26 heavy (non-hydrogen) atoms. The number of ether oxygens (including phenoxy) is 1. The van der Waals surface area contributed by atoms with Gasteiger partial charge in [-0.2, -0.15) is 0 Å². The summed E-state index contributed by atoms with van der Waals surface area (Å²) in [6.45, 7) is 6.37. The van der Waals surface area contributed by atoms with Crippen LogP contribution in [0.4, 0.5) is 0 Å². The van der Waals surface area contributed by atoms with Crippen molar-refractivity contribution in [2.75, 3.05) is 6.61 Å². The van der Waals surface area contributed by atoms with E-state index in [9.17, 15) is 9.59 Å². The van der Waals surface area contributed by atoms with Gasteiger partial charge in [0, 0.05) is 24.2 Å². The van der Waals surface area contributed by atoms with Crippen molar-refractivity contribution < 1.29 is 14.3 Å². The smallest absolute Gasteiger partial charge is 0.193 e. The Morgan fingerprint density at radius 3 is 2.31 bits per heavy atom. The van der Waals surface area contributed by atoms with E-state index in [2.05, 4.69) is 6.92 Å². The molecule has 2 rings (SSSR count). The monoisotopic (exact) mass is 352 g/mol. The van der Waals surface area contributed by atoms with E-state index in [1.54, 1.807) is 24.3 Å². The molecule has 0 N–H and O–H groups in total. The molecule has 0 bridgehead atoms. The summed E-state index contributed by atoms with van der Waals surface area (Å²) in [7, 11) is 0. The van der Waals surface area contributed by atoms with E-state index in [-0.39, 0.29) is 18.0 Å². The fourth-order valence-electron chi connectivity index (χ4n) is 2.74. The van der Waals surface area contributed by atoms with Crippen LogP contribution in [-0.2, 0) is 16.0 Å². The van der Waals surface area contributed by atoms with E-state index >= 15 is 0 Å². The first-order chi connectivity index (χ1) is 12.4. The van der Waals surface area contributed by atoms with Gasteiger partial charge in [0.2, 0.25) is 0 Å². The molecule has 138 valence electrons. The molecule has 2 aromatic rings. The first-order valence-corrected chi connectivity index (χ1v) is 9.30. The second-order valence-electron chi connectivity index (χ2n) is 7.06. The lowest BCUT2D eigenvalue weighted by Gasteiger charge is -2.24. The summed E-state index contributed by atoms with van der Waals surface area (Å²) in [5, 5.41) is 0. The average molecular weight is 352 g/mol. The van der Waals surface area contributed by atoms with Crippen molar-refractivity contribution in [2.45, 2.75) is 52.1 Å². The Morgan fingerprint density at radius 1 is 0.923 bits per heavy atom. The molecular formula is C23H28O3. The standard InChI is InChI=1S/C23H28O3/c1-4-5-9-15-26-23(2,3)21(24)17-18-11-10-14-20(16-18)22(25)19-12-7-6-8-13-19/h6-8,10-14,16H,4-5,9,15,17H2,1-3H3. The van der Waals surface area contributed by atoms with Gasteiger partial charge < -0.3 is 4.74 Å². The summed E-state index contributed by atoms with van der Waals surface area (Å²) in [5.74, 6) is -0.00622. The van der Waals surface area contributed by atoms with Crippen molar-refractivity contribution in [1.29, 1.82) is 0 Å². The van der Waals surface area contributed by atoms with E-state index in [0.717, 1.165) is 24.8 Å². The molecule has 0 aliphatic carbocycles. The van der Waals surface area contributed by atoms with Gasteiger partial charge in [0.15, 0.2) is 11.6 Å². The van der Waals surface area contributed by atoms with Crippen molar-refractivity contribution in [3.05, 3.63) is 71.3 Å². The van der Waals surface area contributed by atoms with E-state index < -0.39 is 5.60 Å². The second-order valence-corrected chi connectivity index (χ2v) is 7.06. The van der Waals surface area contributed by atoms with Crippen molar-refractivity contribution >= 4 is 11.6 Å². The van der Waals surface area contributed by atoms with Crippen LogP contribution in [0.15, 0.2) is 54.6 Å². The second kappa shape index (κ2) is 9.44. The van der Waals surface area contributed by atoms with Crippen LogP contribution < -0.4 is 0 Å². The third-order valence-corrected chi connectivity index (χ3v) is 4.47. The number of ketones is 2. The Labute approximate surface area is 156 Å². The Morgan fingerprint density at radius 2 is 1.62 bits per heavy atom. The number of rotatable bonds is 10. The Kier molecular flexibility index (Phi) is 7.28. The molecule has 2 aromatic carbocycles. The van der Waals surface area contributed by atoms with E-state index in [4.69, 9.17) is 4.74 Å². The van der Waals surface area contributed by atoms with Crippen molar-refractivity contribution in [3.8, 4) is 0 Å². The number of unbranched alkanes of at least 4 members (excludes halogenated alkanes) is 2. The van der Waals surface area contributed by atoms with Gasteiger partial charge in [-0.3, -0.25) is 9.59 Å². The molecule has 0 saturated heterocycles. The average Bonchev–Trinajstić information content (AvgIpc) is 2.65. The maximum atomic E-state index is 12.6. The maximum Gasteiger partial charge on any atom is 0.193 e. The lowest BCUT2D eigenvalue weighted by atomic mass is 9.94. The quantitative estimate of drug-likeness (QED) is 0.446. The van der Waals surface area contributed by atoms with Crippen LogP contribution in [0.3, 0.4) is 0 Å². The van der Waals surface area contributed by atoms with Crippen molar-refractivity contribution in [3.63, 3.8) is 0 Å². The number of hydrogen-bond donors (Lipinski definition) is 0. The predicted molar refractivity (Wildman–Crippen MR) is 105 cm³/mol. The predicted octanol–water partition coefficient (Wildman–Crippen LogP) is 5.01. The summed E-state index contributed by atoms with van der Waals surface area (Å²) in [4.78, 5) is 25.2. The normalized spacial score (nSPS) is 11.3. The lowest BCUT2D eigenvalue weighted by Crippen LogP contribution is -2.36. The van der Waals surface area contributed by atoms with E-state index in [1.165, 1.54) is 0 Å². The van der Waals surface area contributed by atoms with Gasteiger partial charge >= 0.3 is 0 Å². The lowest BCUT2D eigenvalue weighted by molar-refractivity contribution is -0.139. The fraction of sp³-hybridized carbons (Fsp3) is 0.391. The number of carbonyl (C=O) groups is 2. The highest BCUT2D eigenvalue weighted by atomic mass is 16.5. The minimum absolute atomic E-state index is 0.0262. The zero-order chi connectivity index (χ0) is 19.0. The molecule has 0 aliphatic rings. The number of hydrogen-bond acceptors (Lipinski definition) is 3. The molecule has 0 saturated carbocycles. The summed E-state index contributed by atoms with van der Waals surface area (Å²) in [5.41, 5.74) is 1.27. The van der Waals surface area contributed by atoms with Crippen LogP contribution in [0, 0.1) is 0 Å². The molecular weight excluding hydrogens is 324 g/mol. The molecule has 0 aromatic heterocycles. The summed E-state index contributed by atoms with van der Waals surface area (Å²) in [6.07, 6.45) is 3.46. The first-order valence-electron chi connectivity index (χ1n) is 9.30. The third kappa shape index (κ3) is 5.63. The summed E-state index contributed by atoms with van der Waals surface area (Å²) < 4.78 is 5.80. The Balaban J connectivity index is 2.03. The highest BCUT2D eigenvalue weighted by Gasteiger charge is 2.28. The van der Waals surface area contributed by atoms with Gasteiger partial charge in [-0.1, -0.05) is 68.3 Å². The Bertz CT molecular complexity index is 732. The zero-order valence-corrected chi connectivity index (χ0v) is 16.0.